The molecule has 3 rings (SSSR count). The first-order chi connectivity index (χ1) is 8.47. The average molecular weight is 240 g/mol. The predicted molar refractivity (Wildman–Crippen MR) is 75.1 cm³/mol. The quantitative estimate of drug-likeness (QED) is 0.622. The van der Waals surface area contributed by atoms with Crippen molar-refractivity contribution in [1.82, 2.24) is 9.97 Å². The summed E-state index contributed by atoms with van der Waals surface area (Å²) >= 11 is 0. The van der Waals surface area contributed by atoms with Crippen molar-refractivity contribution in [3.63, 3.8) is 0 Å². The first kappa shape index (κ1) is 11.1. The van der Waals surface area contributed by atoms with Crippen LogP contribution in [-0.2, 0) is 5.41 Å². The highest BCUT2D eigenvalue weighted by Gasteiger charge is 2.15. The summed E-state index contributed by atoms with van der Waals surface area (Å²) in [6.45, 7) is 6.45. The van der Waals surface area contributed by atoms with E-state index < -0.39 is 0 Å². The zero-order valence-electron chi connectivity index (χ0n) is 10.8. The first-order valence-electron chi connectivity index (χ1n) is 6.10. The van der Waals surface area contributed by atoms with E-state index in [0.29, 0.717) is 5.52 Å². The van der Waals surface area contributed by atoms with Crippen LogP contribution in [0.5, 0.6) is 0 Å². The lowest BCUT2D eigenvalue weighted by Crippen LogP contribution is -2.12. The Bertz CT molecular complexity index is 787. The van der Waals surface area contributed by atoms with E-state index in [0.717, 1.165) is 16.4 Å². The van der Waals surface area contributed by atoms with Crippen LogP contribution in [0.4, 0.5) is 0 Å². The molecule has 1 aromatic carbocycles. The molecule has 0 bridgehead atoms. The molecule has 0 aliphatic rings. The van der Waals surface area contributed by atoms with Gasteiger partial charge in [0.15, 0.2) is 0 Å². The zero-order valence-corrected chi connectivity index (χ0v) is 10.8. The minimum Gasteiger partial charge on any atom is -0.357 e. The Morgan fingerprint density at radius 1 is 1.06 bits per heavy atom. The van der Waals surface area contributed by atoms with Crippen LogP contribution in [-0.4, -0.2) is 9.97 Å². The van der Waals surface area contributed by atoms with Crippen molar-refractivity contribution in [2.24, 2.45) is 0 Å². The third-order valence-electron chi connectivity index (χ3n) is 3.37. The van der Waals surface area contributed by atoms with Crippen LogP contribution in [0.25, 0.3) is 21.9 Å². The Hall–Kier alpha value is -2.03. The number of fused-ring (bicyclic) bond motifs is 2. The Morgan fingerprint density at radius 2 is 1.83 bits per heavy atom. The van der Waals surface area contributed by atoms with Crippen molar-refractivity contribution < 1.29 is 0 Å². The summed E-state index contributed by atoms with van der Waals surface area (Å²) in [5, 5.41) is 0.748. The molecule has 0 fully saturated rings. The van der Waals surface area contributed by atoms with E-state index >= 15 is 0 Å². The van der Waals surface area contributed by atoms with Gasteiger partial charge in [-0.2, -0.15) is 0 Å². The third kappa shape index (κ3) is 1.55. The molecule has 92 valence electrons. The Balaban J connectivity index is 2.43. The molecule has 2 aromatic heterocycles. The topological polar surface area (TPSA) is 48.6 Å². The Morgan fingerprint density at radius 3 is 2.56 bits per heavy atom. The van der Waals surface area contributed by atoms with Gasteiger partial charge in [-0.25, -0.2) is 0 Å². The van der Waals surface area contributed by atoms with Crippen molar-refractivity contribution in [2.45, 2.75) is 26.2 Å². The van der Waals surface area contributed by atoms with Gasteiger partial charge >= 0.3 is 0 Å². The molecule has 0 unspecified atom stereocenters. The molecule has 18 heavy (non-hydrogen) atoms. The molecule has 3 aromatic rings. The highest BCUT2D eigenvalue weighted by molar-refractivity contribution is 5.91. The summed E-state index contributed by atoms with van der Waals surface area (Å²) < 4.78 is 0. The average Bonchev–Trinajstić information content (AvgIpc) is 2.76. The van der Waals surface area contributed by atoms with Crippen molar-refractivity contribution in [2.75, 3.05) is 0 Å². The van der Waals surface area contributed by atoms with Crippen LogP contribution in [0.1, 0.15) is 26.3 Å². The van der Waals surface area contributed by atoms with E-state index in [2.05, 4.69) is 36.8 Å². The molecule has 0 aliphatic carbocycles. The fourth-order valence-electron chi connectivity index (χ4n) is 2.25. The van der Waals surface area contributed by atoms with E-state index in [1.54, 1.807) is 6.20 Å². The SMILES string of the molecule is CC(C)(C)c1ccc2[nH]c3cc[nH]c3c(=O)c2c1. The smallest absolute Gasteiger partial charge is 0.213 e. The molecule has 3 heteroatoms. The summed E-state index contributed by atoms with van der Waals surface area (Å²) in [4.78, 5) is 18.6. The van der Waals surface area contributed by atoms with Gasteiger partial charge in [-0.05, 0) is 29.2 Å². The number of aromatic amines is 2. The van der Waals surface area contributed by atoms with Crippen molar-refractivity contribution in [3.05, 3.63) is 46.2 Å². The third-order valence-corrected chi connectivity index (χ3v) is 3.37. The summed E-state index contributed by atoms with van der Waals surface area (Å²) in [5.41, 5.74) is 3.68. The molecule has 0 spiro atoms. The van der Waals surface area contributed by atoms with Crippen molar-refractivity contribution in [1.29, 1.82) is 0 Å². The monoisotopic (exact) mass is 240 g/mol. The van der Waals surface area contributed by atoms with Gasteiger partial charge in [0, 0.05) is 17.1 Å². The first-order valence-corrected chi connectivity index (χ1v) is 6.10. The molecular formula is C15H16N2O. The second kappa shape index (κ2) is 3.48. The van der Waals surface area contributed by atoms with Gasteiger partial charge in [-0.1, -0.05) is 26.8 Å². The number of nitrogens with one attached hydrogen (secondary N) is 2. The largest absolute Gasteiger partial charge is 0.357 e. The molecule has 0 radical (unpaired) electrons. The molecule has 0 amide bonds. The minimum absolute atomic E-state index is 0.0469. The normalized spacial score (nSPS) is 12.4. The van der Waals surface area contributed by atoms with Crippen LogP contribution in [0.2, 0.25) is 0 Å². The molecular weight excluding hydrogens is 224 g/mol. The summed E-state index contributed by atoms with van der Waals surface area (Å²) in [6, 6.07) is 7.95. The van der Waals surface area contributed by atoms with Gasteiger partial charge < -0.3 is 9.97 Å². The van der Waals surface area contributed by atoms with E-state index in [9.17, 15) is 4.79 Å². The molecule has 0 saturated heterocycles. The molecule has 2 heterocycles. The van der Waals surface area contributed by atoms with Gasteiger partial charge in [-0.15, -0.1) is 0 Å². The molecule has 3 nitrogen and oxygen atoms in total. The molecule has 0 aliphatic heterocycles. The van der Waals surface area contributed by atoms with Gasteiger partial charge in [0.05, 0.1) is 5.52 Å². The number of H-pyrrole nitrogens is 2. The lowest BCUT2D eigenvalue weighted by atomic mass is 9.86. The van der Waals surface area contributed by atoms with E-state index in [-0.39, 0.29) is 10.8 Å². The number of pyridine rings is 1. The number of rotatable bonds is 0. The summed E-state index contributed by atoms with van der Waals surface area (Å²) in [6.07, 6.45) is 1.78. The van der Waals surface area contributed by atoms with Gasteiger partial charge in [0.2, 0.25) is 5.43 Å². The lowest BCUT2D eigenvalue weighted by Gasteiger charge is -2.19. The predicted octanol–water partition coefficient (Wildman–Crippen LogP) is 3.31. The van der Waals surface area contributed by atoms with Gasteiger partial charge in [-0.3, -0.25) is 4.79 Å². The summed E-state index contributed by atoms with van der Waals surface area (Å²) in [5.74, 6) is 0. The second-order valence-corrected chi connectivity index (χ2v) is 5.73. The minimum atomic E-state index is 0.0469. The second-order valence-electron chi connectivity index (χ2n) is 5.73. The van der Waals surface area contributed by atoms with E-state index in [1.807, 2.05) is 18.2 Å². The van der Waals surface area contributed by atoms with Crippen molar-refractivity contribution in [3.8, 4) is 0 Å². The number of aromatic nitrogens is 2. The molecule has 0 saturated carbocycles. The van der Waals surface area contributed by atoms with Crippen LogP contribution in [0, 0.1) is 0 Å². The Labute approximate surface area is 105 Å². The van der Waals surface area contributed by atoms with E-state index in [1.165, 1.54) is 5.56 Å². The number of benzene rings is 1. The Kier molecular flexibility index (Phi) is 2.14. The maximum absolute atomic E-state index is 12.4. The maximum atomic E-state index is 12.4. The number of hydrogen-bond acceptors (Lipinski definition) is 1. The highest BCUT2D eigenvalue weighted by atomic mass is 16.1. The van der Waals surface area contributed by atoms with Crippen LogP contribution in [0.3, 0.4) is 0 Å². The summed E-state index contributed by atoms with van der Waals surface area (Å²) in [7, 11) is 0. The lowest BCUT2D eigenvalue weighted by molar-refractivity contribution is 0.591. The maximum Gasteiger partial charge on any atom is 0.213 e. The van der Waals surface area contributed by atoms with Gasteiger partial charge in [0.1, 0.15) is 5.52 Å². The van der Waals surface area contributed by atoms with Crippen LogP contribution >= 0.6 is 0 Å². The molecule has 2 N–H and O–H groups in total. The van der Waals surface area contributed by atoms with Crippen LogP contribution < -0.4 is 5.43 Å². The zero-order chi connectivity index (χ0) is 12.9. The fraction of sp³-hybridized carbons (Fsp3) is 0.267. The highest BCUT2D eigenvalue weighted by Crippen LogP contribution is 2.25. The van der Waals surface area contributed by atoms with Crippen molar-refractivity contribution >= 4 is 21.9 Å². The standard InChI is InChI=1S/C15H16N2O/c1-15(2,3)9-4-5-11-10(8-9)14(18)13-12(17-11)6-7-16-13/h4-8,16H,1-3H3,(H,17,18). The molecule has 0 atom stereocenters. The number of hydrogen-bond donors (Lipinski definition) is 2. The van der Waals surface area contributed by atoms with Crippen LogP contribution in [0.15, 0.2) is 35.3 Å². The van der Waals surface area contributed by atoms with E-state index in [4.69, 9.17) is 0 Å². The van der Waals surface area contributed by atoms with Gasteiger partial charge in [0.25, 0.3) is 0 Å². The fourth-order valence-corrected chi connectivity index (χ4v) is 2.25.